The molecule has 8 heteroatoms. The summed E-state index contributed by atoms with van der Waals surface area (Å²) in [6.07, 6.45) is -4.43. The highest BCUT2D eigenvalue weighted by Gasteiger charge is 2.30. The van der Waals surface area contributed by atoms with E-state index in [2.05, 4.69) is 10.0 Å². The SMILES string of the molecule is CCNCCS(=O)(=O)Nc1ccc(C(F)(F)F)cc1. The van der Waals surface area contributed by atoms with Crippen LogP contribution in [0.3, 0.4) is 0 Å². The summed E-state index contributed by atoms with van der Waals surface area (Å²) in [5.41, 5.74) is -0.701. The van der Waals surface area contributed by atoms with E-state index in [-0.39, 0.29) is 18.0 Å². The van der Waals surface area contributed by atoms with Crippen LogP contribution in [0.4, 0.5) is 18.9 Å². The first-order valence-corrected chi connectivity index (χ1v) is 7.28. The van der Waals surface area contributed by atoms with Crippen LogP contribution in [-0.4, -0.2) is 27.3 Å². The monoisotopic (exact) mass is 296 g/mol. The number of alkyl halides is 3. The molecule has 0 amide bonds. The molecule has 0 saturated carbocycles. The molecule has 19 heavy (non-hydrogen) atoms. The van der Waals surface area contributed by atoms with Gasteiger partial charge >= 0.3 is 6.18 Å². The topological polar surface area (TPSA) is 58.2 Å². The minimum absolute atomic E-state index is 0.115. The maximum Gasteiger partial charge on any atom is 0.416 e. The lowest BCUT2D eigenvalue weighted by Gasteiger charge is -2.10. The van der Waals surface area contributed by atoms with Crippen LogP contribution < -0.4 is 10.0 Å². The van der Waals surface area contributed by atoms with E-state index in [0.717, 1.165) is 24.3 Å². The second kappa shape index (κ2) is 6.25. The third kappa shape index (κ3) is 5.48. The van der Waals surface area contributed by atoms with Gasteiger partial charge in [-0.25, -0.2) is 8.42 Å². The van der Waals surface area contributed by atoms with Gasteiger partial charge in [-0.15, -0.1) is 0 Å². The predicted octanol–water partition coefficient (Wildman–Crippen LogP) is 2.06. The van der Waals surface area contributed by atoms with Gasteiger partial charge in [0.15, 0.2) is 0 Å². The number of benzene rings is 1. The molecule has 0 aliphatic rings. The van der Waals surface area contributed by atoms with E-state index < -0.39 is 21.8 Å². The fourth-order valence-corrected chi connectivity index (χ4v) is 2.35. The van der Waals surface area contributed by atoms with Crippen molar-refractivity contribution in [2.45, 2.75) is 13.1 Å². The molecule has 1 aromatic rings. The normalized spacial score (nSPS) is 12.4. The fourth-order valence-electron chi connectivity index (χ4n) is 1.34. The van der Waals surface area contributed by atoms with Crippen molar-refractivity contribution in [3.63, 3.8) is 0 Å². The Morgan fingerprint density at radius 3 is 2.21 bits per heavy atom. The lowest BCUT2D eigenvalue weighted by atomic mass is 10.2. The molecule has 0 unspecified atom stereocenters. The van der Waals surface area contributed by atoms with Crippen LogP contribution in [0.15, 0.2) is 24.3 Å². The predicted molar refractivity (Wildman–Crippen MR) is 67.4 cm³/mol. The van der Waals surface area contributed by atoms with Gasteiger partial charge in [0, 0.05) is 12.2 Å². The van der Waals surface area contributed by atoms with E-state index >= 15 is 0 Å². The van der Waals surface area contributed by atoms with E-state index in [9.17, 15) is 21.6 Å². The average Bonchev–Trinajstić information content (AvgIpc) is 2.28. The number of hydrogen-bond donors (Lipinski definition) is 2. The zero-order chi connectivity index (χ0) is 14.5. The molecule has 1 aromatic carbocycles. The summed E-state index contributed by atoms with van der Waals surface area (Å²) in [7, 11) is -3.55. The van der Waals surface area contributed by atoms with E-state index in [1.54, 1.807) is 0 Å². The van der Waals surface area contributed by atoms with E-state index in [4.69, 9.17) is 0 Å². The van der Waals surface area contributed by atoms with Crippen molar-refractivity contribution in [2.24, 2.45) is 0 Å². The van der Waals surface area contributed by atoms with Crippen molar-refractivity contribution in [3.8, 4) is 0 Å². The van der Waals surface area contributed by atoms with Gasteiger partial charge in [-0.1, -0.05) is 6.92 Å². The Kier molecular flexibility index (Phi) is 5.19. The van der Waals surface area contributed by atoms with Gasteiger partial charge in [-0.2, -0.15) is 13.2 Å². The highest BCUT2D eigenvalue weighted by atomic mass is 32.2. The molecule has 1 rings (SSSR count). The molecule has 0 atom stereocenters. The molecule has 0 aliphatic carbocycles. The van der Waals surface area contributed by atoms with Gasteiger partial charge in [0.2, 0.25) is 10.0 Å². The van der Waals surface area contributed by atoms with Crippen LogP contribution in [0.2, 0.25) is 0 Å². The summed E-state index contributed by atoms with van der Waals surface area (Å²) in [6, 6.07) is 3.85. The zero-order valence-corrected chi connectivity index (χ0v) is 11.1. The first-order chi connectivity index (χ1) is 8.74. The first-order valence-electron chi connectivity index (χ1n) is 5.63. The molecule has 0 fully saturated rings. The Morgan fingerprint density at radius 2 is 1.74 bits per heavy atom. The Balaban J connectivity index is 2.67. The van der Waals surface area contributed by atoms with Crippen LogP contribution in [0, 0.1) is 0 Å². The summed E-state index contributed by atoms with van der Waals surface area (Å²) in [4.78, 5) is 0. The molecule has 2 N–H and O–H groups in total. The van der Waals surface area contributed by atoms with Crippen LogP contribution in [-0.2, 0) is 16.2 Å². The molecule has 0 heterocycles. The molecule has 0 aromatic heterocycles. The van der Waals surface area contributed by atoms with E-state index in [1.165, 1.54) is 0 Å². The van der Waals surface area contributed by atoms with Crippen molar-refractivity contribution >= 4 is 15.7 Å². The summed E-state index contributed by atoms with van der Waals surface area (Å²) in [5, 5.41) is 2.85. The molecule has 0 saturated heterocycles. The lowest BCUT2D eigenvalue weighted by Crippen LogP contribution is -2.26. The van der Waals surface area contributed by atoms with Crippen LogP contribution in [0.5, 0.6) is 0 Å². The van der Waals surface area contributed by atoms with Crippen molar-refractivity contribution in [2.75, 3.05) is 23.6 Å². The van der Waals surface area contributed by atoms with E-state index in [0.29, 0.717) is 6.54 Å². The van der Waals surface area contributed by atoms with Crippen LogP contribution in [0.1, 0.15) is 12.5 Å². The minimum atomic E-state index is -4.43. The maximum absolute atomic E-state index is 12.3. The Bertz CT molecular complexity index is 498. The number of nitrogens with one attached hydrogen (secondary N) is 2. The largest absolute Gasteiger partial charge is 0.416 e. The first kappa shape index (κ1) is 15.8. The summed E-state index contributed by atoms with van der Waals surface area (Å²) >= 11 is 0. The van der Waals surface area contributed by atoms with Gasteiger partial charge in [-0.05, 0) is 30.8 Å². The van der Waals surface area contributed by atoms with Crippen molar-refractivity contribution in [3.05, 3.63) is 29.8 Å². The number of sulfonamides is 1. The fraction of sp³-hybridized carbons (Fsp3) is 0.455. The van der Waals surface area contributed by atoms with Gasteiger partial charge in [-0.3, -0.25) is 4.72 Å². The third-order valence-corrected chi connectivity index (χ3v) is 3.57. The maximum atomic E-state index is 12.3. The molecular formula is C11H15F3N2O2S. The average molecular weight is 296 g/mol. The quantitative estimate of drug-likeness (QED) is 0.790. The summed E-state index contributed by atoms with van der Waals surface area (Å²) in [6.45, 7) is 2.78. The molecule has 0 spiro atoms. The zero-order valence-electron chi connectivity index (χ0n) is 10.3. The van der Waals surface area contributed by atoms with Crippen LogP contribution >= 0.6 is 0 Å². The summed E-state index contributed by atoms with van der Waals surface area (Å²) < 4.78 is 62.3. The third-order valence-electron chi connectivity index (χ3n) is 2.28. The van der Waals surface area contributed by atoms with Crippen molar-refractivity contribution in [1.82, 2.24) is 5.32 Å². The second-order valence-electron chi connectivity index (χ2n) is 3.85. The Morgan fingerprint density at radius 1 is 1.16 bits per heavy atom. The number of halogens is 3. The second-order valence-corrected chi connectivity index (χ2v) is 5.69. The smallest absolute Gasteiger partial charge is 0.316 e. The standard InChI is InChI=1S/C11H15F3N2O2S/c1-2-15-7-8-19(17,18)16-10-5-3-9(4-6-10)11(12,13)14/h3-6,15-16H,2,7-8H2,1H3. The van der Waals surface area contributed by atoms with Crippen molar-refractivity contribution < 1.29 is 21.6 Å². The van der Waals surface area contributed by atoms with Gasteiger partial charge < -0.3 is 5.32 Å². The molecular weight excluding hydrogens is 281 g/mol. The highest BCUT2D eigenvalue weighted by Crippen LogP contribution is 2.29. The van der Waals surface area contributed by atoms with E-state index in [1.807, 2.05) is 6.92 Å². The number of anilines is 1. The summed E-state index contributed by atoms with van der Waals surface area (Å²) in [5.74, 6) is -0.137. The van der Waals surface area contributed by atoms with Crippen LogP contribution in [0.25, 0.3) is 0 Å². The molecule has 108 valence electrons. The van der Waals surface area contributed by atoms with Gasteiger partial charge in [0.1, 0.15) is 0 Å². The lowest BCUT2D eigenvalue weighted by molar-refractivity contribution is -0.137. The molecule has 4 nitrogen and oxygen atoms in total. The Hall–Kier alpha value is -1.28. The molecule has 0 bridgehead atoms. The van der Waals surface area contributed by atoms with Gasteiger partial charge in [0.25, 0.3) is 0 Å². The number of rotatable bonds is 6. The number of hydrogen-bond acceptors (Lipinski definition) is 3. The Labute approximate surface area is 110 Å². The minimum Gasteiger partial charge on any atom is -0.316 e. The molecule has 0 radical (unpaired) electrons. The molecule has 0 aliphatic heterocycles. The van der Waals surface area contributed by atoms with Crippen molar-refractivity contribution in [1.29, 1.82) is 0 Å². The van der Waals surface area contributed by atoms with Gasteiger partial charge in [0.05, 0.1) is 11.3 Å². The highest BCUT2D eigenvalue weighted by molar-refractivity contribution is 7.92.